The molecule has 2 aromatic heterocycles. The second-order valence-electron chi connectivity index (χ2n) is 6.96. The van der Waals surface area contributed by atoms with Crippen LogP contribution in [0.1, 0.15) is 23.6 Å². The van der Waals surface area contributed by atoms with E-state index in [2.05, 4.69) is 21.5 Å². The van der Waals surface area contributed by atoms with Crippen molar-refractivity contribution in [2.24, 2.45) is 0 Å². The lowest BCUT2D eigenvalue weighted by atomic mass is 10.1. The van der Waals surface area contributed by atoms with Gasteiger partial charge in [-0.25, -0.2) is 4.79 Å². The van der Waals surface area contributed by atoms with Crippen LogP contribution in [-0.2, 0) is 6.54 Å². The summed E-state index contributed by atoms with van der Waals surface area (Å²) in [6.45, 7) is 3.98. The number of nitrogens with one attached hydrogen (secondary N) is 1. The quantitative estimate of drug-likeness (QED) is 0.775. The first-order valence-corrected chi connectivity index (χ1v) is 9.23. The van der Waals surface area contributed by atoms with Gasteiger partial charge in [0.15, 0.2) is 0 Å². The number of likely N-dealkylation sites (tertiary alicyclic amines) is 1. The minimum atomic E-state index is -0.0235. The summed E-state index contributed by atoms with van der Waals surface area (Å²) in [5.74, 6) is 0. The minimum Gasteiger partial charge on any atom is -0.334 e. The number of aryl methyl sites for hydroxylation is 1. The van der Waals surface area contributed by atoms with E-state index < -0.39 is 0 Å². The number of urea groups is 1. The van der Waals surface area contributed by atoms with Crippen LogP contribution in [0.15, 0.2) is 61.1 Å². The molecule has 138 valence electrons. The van der Waals surface area contributed by atoms with Crippen LogP contribution in [0, 0.1) is 6.92 Å². The van der Waals surface area contributed by atoms with Gasteiger partial charge in [-0.05, 0) is 42.7 Å². The predicted octanol–water partition coefficient (Wildman–Crippen LogP) is 3.41. The molecule has 3 aromatic rings. The zero-order valence-electron chi connectivity index (χ0n) is 15.4. The van der Waals surface area contributed by atoms with Gasteiger partial charge in [0.1, 0.15) is 0 Å². The molecular formula is C21H23N5O. The van der Waals surface area contributed by atoms with E-state index in [1.165, 1.54) is 0 Å². The minimum absolute atomic E-state index is 0.0235. The first-order chi connectivity index (χ1) is 13.2. The van der Waals surface area contributed by atoms with E-state index in [4.69, 9.17) is 0 Å². The summed E-state index contributed by atoms with van der Waals surface area (Å²) >= 11 is 0. The topological polar surface area (TPSA) is 63.1 Å². The Labute approximate surface area is 158 Å². The number of benzene rings is 1. The maximum Gasteiger partial charge on any atom is 0.317 e. The molecule has 1 atom stereocenters. The monoisotopic (exact) mass is 361 g/mol. The molecule has 0 saturated carbocycles. The van der Waals surface area contributed by atoms with E-state index in [0.29, 0.717) is 13.1 Å². The highest BCUT2D eigenvalue weighted by atomic mass is 16.2. The molecule has 27 heavy (non-hydrogen) atoms. The molecule has 1 aliphatic rings. The van der Waals surface area contributed by atoms with Crippen molar-refractivity contribution in [2.75, 3.05) is 13.1 Å². The summed E-state index contributed by atoms with van der Waals surface area (Å²) in [7, 11) is 0. The molecular weight excluding hydrogens is 338 g/mol. The van der Waals surface area contributed by atoms with Crippen LogP contribution in [0.2, 0.25) is 0 Å². The van der Waals surface area contributed by atoms with Gasteiger partial charge in [-0.2, -0.15) is 5.10 Å². The van der Waals surface area contributed by atoms with Crippen LogP contribution in [0.5, 0.6) is 0 Å². The predicted molar refractivity (Wildman–Crippen MR) is 104 cm³/mol. The second-order valence-corrected chi connectivity index (χ2v) is 6.96. The molecule has 1 unspecified atom stereocenters. The highest BCUT2D eigenvalue weighted by Crippen LogP contribution is 2.21. The van der Waals surface area contributed by atoms with Gasteiger partial charge < -0.3 is 10.2 Å². The van der Waals surface area contributed by atoms with E-state index >= 15 is 0 Å². The number of amides is 2. The first kappa shape index (κ1) is 17.3. The lowest BCUT2D eigenvalue weighted by Crippen LogP contribution is -2.38. The Bertz CT molecular complexity index is 921. The molecule has 4 rings (SSSR count). The van der Waals surface area contributed by atoms with Crippen molar-refractivity contribution in [2.45, 2.75) is 25.9 Å². The third-order valence-corrected chi connectivity index (χ3v) is 4.89. The van der Waals surface area contributed by atoms with Gasteiger partial charge >= 0.3 is 6.03 Å². The van der Waals surface area contributed by atoms with E-state index in [-0.39, 0.29) is 12.1 Å². The molecule has 3 heterocycles. The van der Waals surface area contributed by atoms with E-state index in [9.17, 15) is 4.79 Å². The summed E-state index contributed by atoms with van der Waals surface area (Å²) in [5, 5.41) is 7.41. The standard InChI is InChI=1S/C21H23N5O/c1-16-12-24-26(14-16)19-8-10-25(15-19)21(27)23-13-17-5-4-6-18(11-17)20-7-2-3-9-22-20/h2-7,9,11-12,14,19H,8,10,13,15H2,1H3,(H,23,27). The molecule has 6 heteroatoms. The SMILES string of the molecule is Cc1cnn(C2CCN(C(=O)NCc3cccc(-c4ccccn4)c3)C2)c1. The van der Waals surface area contributed by atoms with E-state index in [1.807, 2.05) is 65.3 Å². The van der Waals surface area contributed by atoms with E-state index in [0.717, 1.165) is 35.3 Å². The van der Waals surface area contributed by atoms with Crippen molar-refractivity contribution in [3.8, 4) is 11.3 Å². The summed E-state index contributed by atoms with van der Waals surface area (Å²) in [6, 6.07) is 14.2. The maximum atomic E-state index is 12.5. The van der Waals surface area contributed by atoms with Gasteiger partial charge in [-0.3, -0.25) is 9.67 Å². The third-order valence-electron chi connectivity index (χ3n) is 4.89. The van der Waals surface area contributed by atoms with Crippen LogP contribution in [0.25, 0.3) is 11.3 Å². The molecule has 1 aromatic carbocycles. The molecule has 1 saturated heterocycles. The zero-order valence-corrected chi connectivity index (χ0v) is 15.4. The largest absolute Gasteiger partial charge is 0.334 e. The first-order valence-electron chi connectivity index (χ1n) is 9.23. The molecule has 0 spiro atoms. The smallest absolute Gasteiger partial charge is 0.317 e. The fourth-order valence-electron chi connectivity index (χ4n) is 3.44. The van der Waals surface area contributed by atoms with Gasteiger partial charge in [-0.1, -0.05) is 24.3 Å². The average molecular weight is 361 g/mol. The van der Waals surface area contributed by atoms with Crippen molar-refractivity contribution in [3.63, 3.8) is 0 Å². The van der Waals surface area contributed by atoms with Gasteiger partial charge in [0.2, 0.25) is 0 Å². The molecule has 1 N–H and O–H groups in total. The Morgan fingerprint density at radius 1 is 1.26 bits per heavy atom. The lowest BCUT2D eigenvalue weighted by Gasteiger charge is -2.17. The Balaban J connectivity index is 1.35. The summed E-state index contributed by atoms with van der Waals surface area (Å²) in [5.41, 5.74) is 4.19. The van der Waals surface area contributed by atoms with Crippen LogP contribution >= 0.6 is 0 Å². The molecule has 1 aliphatic heterocycles. The molecule has 0 radical (unpaired) electrons. The molecule has 2 amide bonds. The van der Waals surface area contributed by atoms with E-state index in [1.54, 1.807) is 6.20 Å². The Kier molecular flexibility index (Phi) is 4.87. The summed E-state index contributed by atoms with van der Waals surface area (Å²) < 4.78 is 1.97. The van der Waals surface area contributed by atoms with Crippen molar-refractivity contribution >= 4 is 6.03 Å². The van der Waals surface area contributed by atoms with Crippen LogP contribution < -0.4 is 5.32 Å². The summed E-state index contributed by atoms with van der Waals surface area (Å²) in [6.07, 6.45) is 6.62. The third kappa shape index (κ3) is 4.00. The fraction of sp³-hybridized carbons (Fsp3) is 0.286. The highest BCUT2D eigenvalue weighted by molar-refractivity contribution is 5.74. The number of hydrogen-bond acceptors (Lipinski definition) is 3. The zero-order chi connectivity index (χ0) is 18.6. The van der Waals surface area contributed by atoms with Crippen LogP contribution in [0.4, 0.5) is 4.79 Å². The number of nitrogens with zero attached hydrogens (tertiary/aromatic N) is 4. The Morgan fingerprint density at radius 3 is 2.96 bits per heavy atom. The van der Waals surface area contributed by atoms with Crippen molar-refractivity contribution in [3.05, 3.63) is 72.2 Å². The maximum absolute atomic E-state index is 12.5. The summed E-state index contributed by atoms with van der Waals surface area (Å²) in [4.78, 5) is 18.8. The average Bonchev–Trinajstić information content (AvgIpc) is 3.36. The van der Waals surface area contributed by atoms with Gasteiger partial charge in [0.25, 0.3) is 0 Å². The molecule has 0 aliphatic carbocycles. The second kappa shape index (κ2) is 7.61. The Hall–Kier alpha value is -3.15. The number of rotatable bonds is 4. The fourth-order valence-corrected chi connectivity index (χ4v) is 3.44. The normalized spacial score (nSPS) is 16.5. The Morgan fingerprint density at radius 2 is 2.19 bits per heavy atom. The molecule has 0 bridgehead atoms. The van der Waals surface area contributed by atoms with Crippen molar-refractivity contribution < 1.29 is 4.79 Å². The number of carbonyl (C=O) groups is 1. The van der Waals surface area contributed by atoms with Gasteiger partial charge in [0.05, 0.1) is 17.9 Å². The molecule has 1 fully saturated rings. The number of aromatic nitrogens is 3. The van der Waals surface area contributed by atoms with Crippen LogP contribution in [0.3, 0.4) is 0 Å². The lowest BCUT2D eigenvalue weighted by molar-refractivity contribution is 0.206. The highest BCUT2D eigenvalue weighted by Gasteiger charge is 2.27. The van der Waals surface area contributed by atoms with Crippen molar-refractivity contribution in [1.82, 2.24) is 25.0 Å². The number of hydrogen-bond donors (Lipinski definition) is 1. The number of pyridine rings is 1. The molecule has 6 nitrogen and oxygen atoms in total. The van der Waals surface area contributed by atoms with Gasteiger partial charge in [-0.15, -0.1) is 0 Å². The number of carbonyl (C=O) groups excluding carboxylic acids is 1. The van der Waals surface area contributed by atoms with Crippen LogP contribution in [-0.4, -0.2) is 38.8 Å². The van der Waals surface area contributed by atoms with Crippen molar-refractivity contribution in [1.29, 1.82) is 0 Å². The van der Waals surface area contributed by atoms with Gasteiger partial charge in [0, 0.05) is 37.6 Å².